The molecule has 0 radical (unpaired) electrons. The summed E-state index contributed by atoms with van der Waals surface area (Å²) in [7, 11) is 1.84. The second-order valence-electron chi connectivity index (χ2n) is 4.91. The lowest BCUT2D eigenvalue weighted by molar-refractivity contribution is -0.126. The van der Waals surface area contributed by atoms with Gasteiger partial charge in [0.05, 0.1) is 5.02 Å². The van der Waals surface area contributed by atoms with E-state index >= 15 is 0 Å². The Morgan fingerprint density at radius 3 is 2.32 bits per heavy atom. The Bertz CT molecular complexity index is 633. The molecule has 1 heterocycles. The highest BCUT2D eigenvalue weighted by Crippen LogP contribution is 2.33. The standard InChI is InChI=1S/C12H8BrClS.C5H9NO/c13-9-5-7-10(8-6-9)15-12-4-2-1-3-11(12)14;1-6-4-2-3-5(6)7/h1-8H;2-4H2,1H3. The maximum atomic E-state index is 10.5. The lowest BCUT2D eigenvalue weighted by Gasteiger charge is -2.03. The van der Waals surface area contributed by atoms with E-state index in [2.05, 4.69) is 28.1 Å². The third kappa shape index (κ3) is 5.34. The van der Waals surface area contributed by atoms with Gasteiger partial charge in [0.2, 0.25) is 5.91 Å². The van der Waals surface area contributed by atoms with Crippen LogP contribution in [-0.2, 0) is 4.79 Å². The fourth-order valence-electron chi connectivity index (χ4n) is 1.94. The van der Waals surface area contributed by atoms with Crippen molar-refractivity contribution in [1.82, 2.24) is 4.90 Å². The predicted octanol–water partition coefficient (Wildman–Crippen LogP) is 5.49. The smallest absolute Gasteiger partial charge is 0.222 e. The number of hydrogen-bond donors (Lipinski definition) is 0. The molecule has 1 saturated heterocycles. The van der Waals surface area contributed by atoms with Crippen molar-refractivity contribution < 1.29 is 4.79 Å². The molecular weight excluding hydrogens is 382 g/mol. The Morgan fingerprint density at radius 2 is 1.82 bits per heavy atom. The third-order valence-corrected chi connectivity index (χ3v) is 5.24. The highest BCUT2D eigenvalue weighted by atomic mass is 79.9. The summed E-state index contributed by atoms with van der Waals surface area (Å²) in [6.45, 7) is 0.957. The van der Waals surface area contributed by atoms with E-state index in [0.29, 0.717) is 5.91 Å². The zero-order chi connectivity index (χ0) is 15.9. The Balaban J connectivity index is 0.000000211. The van der Waals surface area contributed by atoms with Crippen molar-refractivity contribution >= 4 is 45.2 Å². The molecule has 0 unspecified atom stereocenters. The number of halogens is 2. The molecule has 0 N–H and O–H groups in total. The van der Waals surface area contributed by atoms with Crippen LogP contribution in [0.5, 0.6) is 0 Å². The number of rotatable bonds is 2. The molecule has 0 aliphatic carbocycles. The molecule has 2 aromatic rings. The first-order valence-corrected chi connectivity index (χ1v) is 8.97. The number of likely N-dealkylation sites (tertiary alicyclic amines) is 1. The number of amides is 1. The summed E-state index contributed by atoms with van der Waals surface area (Å²) in [4.78, 5) is 14.5. The first-order chi connectivity index (χ1) is 10.6. The van der Waals surface area contributed by atoms with Gasteiger partial charge in [-0.15, -0.1) is 0 Å². The van der Waals surface area contributed by atoms with Gasteiger partial charge in [-0.2, -0.15) is 0 Å². The van der Waals surface area contributed by atoms with Gasteiger partial charge in [-0.3, -0.25) is 4.79 Å². The minimum Gasteiger partial charge on any atom is -0.346 e. The van der Waals surface area contributed by atoms with E-state index in [1.807, 2.05) is 43.4 Å². The minimum absolute atomic E-state index is 0.292. The monoisotopic (exact) mass is 397 g/mol. The topological polar surface area (TPSA) is 20.3 Å². The third-order valence-electron chi connectivity index (χ3n) is 3.19. The molecule has 0 atom stereocenters. The van der Waals surface area contributed by atoms with E-state index in [1.54, 1.807) is 16.7 Å². The Labute approximate surface area is 149 Å². The van der Waals surface area contributed by atoms with E-state index in [1.165, 1.54) is 4.90 Å². The van der Waals surface area contributed by atoms with Crippen molar-refractivity contribution in [1.29, 1.82) is 0 Å². The normalized spacial score (nSPS) is 13.8. The molecule has 22 heavy (non-hydrogen) atoms. The van der Waals surface area contributed by atoms with Crippen LogP contribution in [0.1, 0.15) is 12.8 Å². The maximum Gasteiger partial charge on any atom is 0.222 e. The molecule has 0 saturated carbocycles. The van der Waals surface area contributed by atoms with Crippen LogP contribution in [0.2, 0.25) is 5.02 Å². The molecule has 1 amide bonds. The molecule has 1 fully saturated rings. The highest BCUT2D eigenvalue weighted by molar-refractivity contribution is 9.10. The maximum absolute atomic E-state index is 10.5. The van der Waals surface area contributed by atoms with Gasteiger partial charge in [0, 0.05) is 34.3 Å². The van der Waals surface area contributed by atoms with Crippen LogP contribution in [0.3, 0.4) is 0 Å². The largest absolute Gasteiger partial charge is 0.346 e. The minimum atomic E-state index is 0.292. The quantitative estimate of drug-likeness (QED) is 0.666. The molecule has 2 nitrogen and oxygen atoms in total. The molecule has 5 heteroatoms. The number of carbonyl (C=O) groups is 1. The summed E-state index contributed by atoms with van der Waals surface area (Å²) in [5.41, 5.74) is 0. The van der Waals surface area contributed by atoms with Crippen molar-refractivity contribution in [3.05, 3.63) is 58.0 Å². The average Bonchev–Trinajstić information content (AvgIpc) is 2.88. The fraction of sp³-hybridized carbons (Fsp3) is 0.235. The van der Waals surface area contributed by atoms with Crippen molar-refractivity contribution in [2.75, 3.05) is 13.6 Å². The summed E-state index contributed by atoms with van der Waals surface area (Å²) < 4.78 is 1.09. The van der Waals surface area contributed by atoms with Crippen LogP contribution in [0.25, 0.3) is 0 Å². The van der Waals surface area contributed by atoms with E-state index in [0.717, 1.165) is 33.8 Å². The number of hydrogen-bond acceptors (Lipinski definition) is 2. The molecule has 1 aliphatic heterocycles. The molecule has 0 spiro atoms. The summed E-state index contributed by atoms with van der Waals surface area (Å²) in [5.74, 6) is 0.292. The van der Waals surface area contributed by atoms with E-state index in [-0.39, 0.29) is 0 Å². The van der Waals surface area contributed by atoms with Gasteiger partial charge in [-0.1, -0.05) is 51.4 Å². The van der Waals surface area contributed by atoms with Gasteiger partial charge in [-0.25, -0.2) is 0 Å². The number of nitrogens with zero attached hydrogens (tertiary/aromatic N) is 1. The van der Waals surface area contributed by atoms with Crippen molar-refractivity contribution in [2.24, 2.45) is 0 Å². The van der Waals surface area contributed by atoms with E-state index in [4.69, 9.17) is 11.6 Å². The van der Waals surface area contributed by atoms with Gasteiger partial charge < -0.3 is 4.90 Å². The molecule has 2 aromatic carbocycles. The van der Waals surface area contributed by atoms with Gasteiger partial charge >= 0.3 is 0 Å². The molecule has 1 aliphatic rings. The predicted molar refractivity (Wildman–Crippen MR) is 96.6 cm³/mol. The Hall–Kier alpha value is -0.970. The van der Waals surface area contributed by atoms with Gasteiger partial charge in [0.15, 0.2) is 0 Å². The Kier molecular flexibility index (Phi) is 6.80. The van der Waals surface area contributed by atoms with E-state index < -0.39 is 0 Å². The van der Waals surface area contributed by atoms with Crippen molar-refractivity contribution in [2.45, 2.75) is 22.6 Å². The fourth-order valence-corrected chi connectivity index (χ4v) is 3.29. The zero-order valence-electron chi connectivity index (χ0n) is 12.3. The summed E-state index contributed by atoms with van der Waals surface area (Å²) in [5, 5.41) is 0.797. The Morgan fingerprint density at radius 1 is 1.14 bits per heavy atom. The second-order valence-corrected chi connectivity index (χ2v) is 7.34. The second kappa shape index (κ2) is 8.61. The lowest BCUT2D eigenvalue weighted by atomic mass is 10.4. The SMILES string of the molecule is CN1CCCC1=O.Clc1ccccc1Sc1ccc(Br)cc1. The average molecular weight is 399 g/mol. The van der Waals surface area contributed by atoms with Crippen molar-refractivity contribution in [3.8, 4) is 0 Å². The molecular formula is C17H17BrClNOS. The zero-order valence-corrected chi connectivity index (χ0v) is 15.4. The molecule has 0 aromatic heterocycles. The van der Waals surface area contributed by atoms with Gasteiger partial charge in [-0.05, 0) is 42.8 Å². The first kappa shape index (κ1) is 17.4. The first-order valence-electron chi connectivity index (χ1n) is 6.98. The van der Waals surface area contributed by atoms with Gasteiger partial charge in [0.1, 0.15) is 0 Å². The number of carbonyl (C=O) groups excluding carboxylic acids is 1. The van der Waals surface area contributed by atoms with Crippen LogP contribution >= 0.6 is 39.3 Å². The van der Waals surface area contributed by atoms with Crippen LogP contribution in [0, 0.1) is 0 Å². The van der Waals surface area contributed by atoms with Crippen LogP contribution in [0.4, 0.5) is 0 Å². The van der Waals surface area contributed by atoms with Crippen LogP contribution in [0.15, 0.2) is 62.8 Å². The van der Waals surface area contributed by atoms with Crippen LogP contribution in [-0.4, -0.2) is 24.4 Å². The summed E-state index contributed by atoms with van der Waals surface area (Å²) in [6, 6.07) is 16.0. The van der Waals surface area contributed by atoms with Crippen molar-refractivity contribution in [3.63, 3.8) is 0 Å². The van der Waals surface area contributed by atoms with E-state index in [9.17, 15) is 4.79 Å². The summed E-state index contributed by atoms with van der Waals surface area (Å²) >= 11 is 11.2. The molecule has 116 valence electrons. The summed E-state index contributed by atoms with van der Waals surface area (Å²) in [6.07, 6.45) is 1.81. The van der Waals surface area contributed by atoms with Gasteiger partial charge in [0.25, 0.3) is 0 Å². The number of benzene rings is 2. The molecule has 0 bridgehead atoms. The molecule has 3 rings (SSSR count). The lowest BCUT2D eigenvalue weighted by Crippen LogP contribution is -2.17. The van der Waals surface area contributed by atoms with Crippen LogP contribution < -0.4 is 0 Å². The highest BCUT2D eigenvalue weighted by Gasteiger charge is 2.14.